The van der Waals surface area contributed by atoms with Crippen LogP contribution in [0.25, 0.3) is 0 Å². The van der Waals surface area contributed by atoms with Gasteiger partial charge in [0.15, 0.2) is 0 Å². The van der Waals surface area contributed by atoms with Gasteiger partial charge in [-0.25, -0.2) is 0 Å². The summed E-state index contributed by atoms with van der Waals surface area (Å²) < 4.78 is 5.78. The van der Waals surface area contributed by atoms with Gasteiger partial charge in [0.25, 0.3) is 0 Å². The first-order valence-electron chi connectivity index (χ1n) is 8.24. The van der Waals surface area contributed by atoms with E-state index in [9.17, 15) is 9.59 Å². The molecule has 0 aromatic rings. The maximum absolute atomic E-state index is 11.7. The highest BCUT2D eigenvalue weighted by Gasteiger charge is 2.23. The summed E-state index contributed by atoms with van der Waals surface area (Å²) in [7, 11) is 0. The van der Waals surface area contributed by atoms with E-state index in [0.29, 0.717) is 39.1 Å². The smallest absolute Gasteiger partial charge is 0.220 e. The summed E-state index contributed by atoms with van der Waals surface area (Å²) in [6.45, 7) is 12.7. The topological polar surface area (TPSA) is 67.4 Å². The molecule has 0 saturated heterocycles. The molecule has 2 amide bonds. The maximum Gasteiger partial charge on any atom is 0.220 e. The largest absolute Gasteiger partial charge is 0.380 e. The van der Waals surface area contributed by atoms with Crippen LogP contribution in [0.5, 0.6) is 0 Å². The van der Waals surface area contributed by atoms with Crippen LogP contribution in [0.2, 0.25) is 0 Å². The molecule has 0 heterocycles. The Morgan fingerprint density at radius 3 is 2.18 bits per heavy atom. The van der Waals surface area contributed by atoms with Crippen molar-refractivity contribution in [3.05, 3.63) is 0 Å². The molecule has 0 atom stereocenters. The summed E-state index contributed by atoms with van der Waals surface area (Å²) in [5.41, 5.74) is -0.199. The Labute approximate surface area is 135 Å². The molecule has 0 aromatic heterocycles. The van der Waals surface area contributed by atoms with E-state index in [0.717, 1.165) is 19.3 Å². The van der Waals surface area contributed by atoms with E-state index >= 15 is 0 Å². The van der Waals surface area contributed by atoms with Crippen molar-refractivity contribution in [1.29, 1.82) is 0 Å². The Morgan fingerprint density at radius 2 is 1.64 bits per heavy atom. The van der Waals surface area contributed by atoms with Crippen LogP contribution < -0.4 is 10.6 Å². The minimum atomic E-state index is -0.103. The summed E-state index contributed by atoms with van der Waals surface area (Å²) in [5.74, 6) is 0.122. The predicted molar refractivity (Wildman–Crippen MR) is 89.6 cm³/mol. The first-order chi connectivity index (χ1) is 10.2. The predicted octanol–water partition coefficient (Wildman–Crippen LogP) is 2.50. The highest BCUT2D eigenvalue weighted by Crippen LogP contribution is 2.18. The lowest BCUT2D eigenvalue weighted by Crippen LogP contribution is -2.38. The Morgan fingerprint density at radius 1 is 1.05 bits per heavy atom. The molecule has 0 aliphatic carbocycles. The van der Waals surface area contributed by atoms with Crippen LogP contribution in [-0.2, 0) is 14.3 Å². The number of rotatable bonds is 13. The number of hydrogen-bond acceptors (Lipinski definition) is 3. The van der Waals surface area contributed by atoms with Crippen molar-refractivity contribution in [3.8, 4) is 0 Å². The summed E-state index contributed by atoms with van der Waals surface area (Å²) >= 11 is 0. The highest BCUT2D eigenvalue weighted by atomic mass is 16.5. The molecule has 130 valence electrons. The Bertz CT molecular complexity index is 328. The minimum absolute atomic E-state index is 0.0968. The van der Waals surface area contributed by atoms with Gasteiger partial charge in [-0.3, -0.25) is 9.59 Å². The number of unbranched alkanes of at least 4 members (excludes halogenated alkanes) is 2. The molecule has 2 N–H and O–H groups in total. The van der Waals surface area contributed by atoms with Crippen molar-refractivity contribution < 1.29 is 14.3 Å². The number of carbonyl (C=O) groups is 2. The molecule has 0 spiro atoms. The van der Waals surface area contributed by atoms with Crippen molar-refractivity contribution in [2.45, 2.75) is 60.3 Å². The minimum Gasteiger partial charge on any atom is -0.380 e. The van der Waals surface area contributed by atoms with Crippen LogP contribution in [-0.4, -0.2) is 38.6 Å². The highest BCUT2D eigenvalue weighted by molar-refractivity contribution is 5.75. The third-order valence-electron chi connectivity index (χ3n) is 3.42. The molecule has 0 saturated carbocycles. The first kappa shape index (κ1) is 20.9. The van der Waals surface area contributed by atoms with E-state index in [2.05, 4.69) is 31.4 Å². The molecule has 0 fully saturated rings. The van der Waals surface area contributed by atoms with E-state index in [4.69, 9.17) is 4.74 Å². The standard InChI is InChI=1S/C17H34N2O3/c1-6-7-8-9-15(21)19-11-17(4,5)13-22-12-16(2,3)10-18-14-20/h14H,6-13H2,1-5H3,(H,18,20)(H,19,21). The molecule has 0 aliphatic rings. The molecule has 0 aliphatic heterocycles. The van der Waals surface area contributed by atoms with Gasteiger partial charge < -0.3 is 15.4 Å². The van der Waals surface area contributed by atoms with E-state index < -0.39 is 0 Å². The maximum atomic E-state index is 11.7. The lowest BCUT2D eigenvalue weighted by atomic mass is 9.93. The Hall–Kier alpha value is -1.10. The Kier molecular flexibility index (Phi) is 10.1. The van der Waals surface area contributed by atoms with Crippen molar-refractivity contribution in [2.24, 2.45) is 10.8 Å². The van der Waals surface area contributed by atoms with E-state index in [1.54, 1.807) is 0 Å². The zero-order chi connectivity index (χ0) is 17.1. The van der Waals surface area contributed by atoms with Gasteiger partial charge in [-0.05, 0) is 6.42 Å². The van der Waals surface area contributed by atoms with Crippen LogP contribution >= 0.6 is 0 Å². The number of carbonyl (C=O) groups excluding carboxylic acids is 2. The van der Waals surface area contributed by atoms with Gasteiger partial charge in [0.05, 0.1) is 13.2 Å². The molecule has 0 radical (unpaired) electrons. The van der Waals surface area contributed by atoms with Crippen LogP contribution in [0.3, 0.4) is 0 Å². The average Bonchev–Trinajstić information content (AvgIpc) is 2.43. The van der Waals surface area contributed by atoms with Gasteiger partial charge in [-0.15, -0.1) is 0 Å². The Balaban J connectivity index is 3.94. The number of hydrogen-bond donors (Lipinski definition) is 2. The fraction of sp³-hybridized carbons (Fsp3) is 0.882. The van der Waals surface area contributed by atoms with Crippen LogP contribution in [0.1, 0.15) is 60.3 Å². The number of ether oxygens (including phenoxy) is 1. The van der Waals surface area contributed by atoms with E-state index in [1.807, 2.05) is 13.8 Å². The SMILES string of the molecule is CCCCCC(=O)NCC(C)(C)COCC(C)(C)CNC=O. The van der Waals surface area contributed by atoms with Crippen LogP contribution in [0.4, 0.5) is 0 Å². The molecule has 5 heteroatoms. The van der Waals surface area contributed by atoms with Gasteiger partial charge >= 0.3 is 0 Å². The lowest BCUT2D eigenvalue weighted by Gasteiger charge is -2.29. The second-order valence-corrected chi connectivity index (χ2v) is 7.55. The molecule has 5 nitrogen and oxygen atoms in total. The van der Waals surface area contributed by atoms with Gasteiger partial charge in [-0.2, -0.15) is 0 Å². The van der Waals surface area contributed by atoms with E-state index in [-0.39, 0.29) is 16.7 Å². The number of amides is 2. The zero-order valence-corrected chi connectivity index (χ0v) is 15.0. The van der Waals surface area contributed by atoms with Crippen molar-refractivity contribution >= 4 is 12.3 Å². The molecule has 0 rings (SSSR count). The second-order valence-electron chi connectivity index (χ2n) is 7.55. The molecular weight excluding hydrogens is 280 g/mol. The summed E-state index contributed by atoms with van der Waals surface area (Å²) in [5, 5.41) is 5.67. The second kappa shape index (κ2) is 10.6. The number of nitrogens with one attached hydrogen (secondary N) is 2. The lowest BCUT2D eigenvalue weighted by molar-refractivity contribution is -0.121. The van der Waals surface area contributed by atoms with Gasteiger partial charge in [0, 0.05) is 30.3 Å². The van der Waals surface area contributed by atoms with Gasteiger partial charge in [0.1, 0.15) is 0 Å². The fourth-order valence-electron chi connectivity index (χ4n) is 1.99. The normalized spacial score (nSPS) is 12.0. The quantitative estimate of drug-likeness (QED) is 0.405. The van der Waals surface area contributed by atoms with Crippen LogP contribution in [0.15, 0.2) is 0 Å². The van der Waals surface area contributed by atoms with Crippen molar-refractivity contribution in [2.75, 3.05) is 26.3 Å². The van der Waals surface area contributed by atoms with Gasteiger partial charge in [-0.1, -0.05) is 47.5 Å². The first-order valence-corrected chi connectivity index (χ1v) is 8.24. The van der Waals surface area contributed by atoms with Crippen LogP contribution in [0, 0.1) is 10.8 Å². The van der Waals surface area contributed by atoms with Crippen molar-refractivity contribution in [3.63, 3.8) is 0 Å². The molecule has 0 unspecified atom stereocenters. The molecular formula is C17H34N2O3. The molecule has 0 bridgehead atoms. The third-order valence-corrected chi connectivity index (χ3v) is 3.42. The third kappa shape index (κ3) is 11.5. The summed E-state index contributed by atoms with van der Waals surface area (Å²) in [4.78, 5) is 22.1. The van der Waals surface area contributed by atoms with Gasteiger partial charge in [0.2, 0.25) is 12.3 Å². The molecule has 0 aromatic carbocycles. The van der Waals surface area contributed by atoms with E-state index in [1.165, 1.54) is 0 Å². The summed E-state index contributed by atoms with van der Waals surface area (Å²) in [6.07, 6.45) is 4.50. The molecule has 22 heavy (non-hydrogen) atoms. The average molecular weight is 314 g/mol. The monoisotopic (exact) mass is 314 g/mol. The van der Waals surface area contributed by atoms with Crippen molar-refractivity contribution in [1.82, 2.24) is 10.6 Å². The summed E-state index contributed by atoms with van der Waals surface area (Å²) in [6, 6.07) is 0. The fourth-order valence-corrected chi connectivity index (χ4v) is 1.99. The zero-order valence-electron chi connectivity index (χ0n) is 15.0.